The lowest BCUT2D eigenvalue weighted by Crippen LogP contribution is -2.64. The van der Waals surface area contributed by atoms with Crippen LogP contribution in [-0.2, 0) is 18.4 Å². The lowest BCUT2D eigenvalue weighted by Gasteiger charge is -2.41. The molecule has 14 heteroatoms. The minimum atomic E-state index is -5.14. The van der Waals surface area contributed by atoms with Crippen LogP contribution in [0.25, 0.3) is 0 Å². The van der Waals surface area contributed by atoms with Gasteiger partial charge in [-0.1, -0.05) is 199 Å². The number of hydrogen-bond donors (Lipinski definition) is 9. The first-order valence-corrected chi connectivity index (χ1v) is 27.4. The van der Waals surface area contributed by atoms with Crippen molar-refractivity contribution in [1.29, 1.82) is 0 Å². The van der Waals surface area contributed by atoms with Crippen LogP contribution in [0.4, 0.5) is 0 Å². The van der Waals surface area contributed by atoms with Crippen molar-refractivity contribution >= 4 is 13.7 Å². The molecule has 0 aromatic carbocycles. The zero-order valence-corrected chi connectivity index (χ0v) is 41.1. The average Bonchev–Trinajstić information content (AvgIpc) is 3.27. The number of aliphatic hydroxyl groups excluding tert-OH is 7. The molecule has 0 saturated heterocycles. The predicted octanol–water partition coefficient (Wildman–Crippen LogP) is 9.54. The second kappa shape index (κ2) is 39.7. The number of nitrogens with one attached hydrogen (secondary N) is 1. The Labute approximate surface area is 388 Å². The van der Waals surface area contributed by atoms with Crippen LogP contribution in [0.2, 0.25) is 0 Å². The molecule has 378 valence electrons. The lowest BCUT2D eigenvalue weighted by molar-refractivity contribution is -0.220. The number of unbranched alkanes of at least 4 members (excludes halogenated alkanes) is 28. The van der Waals surface area contributed by atoms with Crippen molar-refractivity contribution in [2.45, 2.75) is 281 Å². The third-order valence-corrected chi connectivity index (χ3v) is 13.5. The highest BCUT2D eigenvalue weighted by Crippen LogP contribution is 2.47. The Morgan fingerprint density at radius 3 is 1.33 bits per heavy atom. The van der Waals surface area contributed by atoms with Gasteiger partial charge in [0.25, 0.3) is 0 Å². The summed E-state index contributed by atoms with van der Waals surface area (Å²) < 4.78 is 22.9. The van der Waals surface area contributed by atoms with Crippen LogP contribution in [0, 0.1) is 0 Å². The summed E-state index contributed by atoms with van der Waals surface area (Å²) in [4.78, 5) is 23.5. The first kappa shape index (κ1) is 60.8. The molecule has 13 nitrogen and oxygen atoms in total. The van der Waals surface area contributed by atoms with Gasteiger partial charge in [-0.25, -0.2) is 4.57 Å². The third-order valence-electron chi connectivity index (χ3n) is 12.5. The van der Waals surface area contributed by atoms with E-state index < -0.39 is 75.2 Å². The second-order valence-corrected chi connectivity index (χ2v) is 20.0. The molecule has 1 fully saturated rings. The molecule has 8 atom stereocenters. The van der Waals surface area contributed by atoms with Crippen molar-refractivity contribution < 1.29 is 59.0 Å². The first-order valence-electron chi connectivity index (χ1n) is 25.9. The van der Waals surface area contributed by atoms with Gasteiger partial charge in [-0.2, -0.15) is 0 Å². The van der Waals surface area contributed by atoms with Gasteiger partial charge in [0, 0.05) is 0 Å². The van der Waals surface area contributed by atoms with Gasteiger partial charge in [-0.15, -0.1) is 0 Å². The Morgan fingerprint density at radius 1 is 0.547 bits per heavy atom. The summed E-state index contributed by atoms with van der Waals surface area (Å²) in [6.07, 6.45) is 31.1. The molecule has 1 rings (SSSR count). The molecular formula is C50H96NO12P. The molecule has 0 radical (unpaired) electrons. The van der Waals surface area contributed by atoms with E-state index in [0.717, 1.165) is 64.2 Å². The fraction of sp³-hybridized carbons (Fsp3) is 0.900. The summed E-state index contributed by atoms with van der Waals surface area (Å²) in [6.45, 7) is 3.76. The van der Waals surface area contributed by atoms with Gasteiger partial charge in [0.05, 0.1) is 31.3 Å². The summed E-state index contributed by atoms with van der Waals surface area (Å²) in [7, 11) is -5.14. The minimum absolute atomic E-state index is 0.248. The molecule has 0 aromatic heterocycles. The highest BCUT2D eigenvalue weighted by molar-refractivity contribution is 7.47. The van der Waals surface area contributed by atoms with E-state index >= 15 is 0 Å². The van der Waals surface area contributed by atoms with Gasteiger partial charge in [0.15, 0.2) is 0 Å². The van der Waals surface area contributed by atoms with E-state index in [1.165, 1.54) is 134 Å². The SMILES string of the molecule is CCCCCCCCCC/C=C\CCCCCCCC(O)CC(=O)NC(COP(=O)(O)OC1C(O)C(O)C(O)C(O)C1O)C(O)/C=C/CCCCCCCCCCCCCCCCC. The smallest absolute Gasteiger partial charge is 0.393 e. The Balaban J connectivity index is 2.50. The Morgan fingerprint density at radius 2 is 0.906 bits per heavy atom. The standard InChI is InChI=1S/C50H96NO12P/c1-3-5-7-9-11-13-15-17-19-21-23-25-27-29-31-33-35-37-41(52)39-44(54)51-42(40-62-64(60,61)63-50-48(58)46(56)45(55)47(57)49(50)59)43(53)38-36-34-32-30-28-26-24-22-20-18-16-14-12-10-8-6-4-2/h21,23,36,38,41-43,45-50,52-53,55-59H,3-20,22,24-35,37,39-40H2,1-2H3,(H,51,54)(H,60,61)/b23-21-,38-36+. The van der Waals surface area contributed by atoms with Crippen LogP contribution in [-0.4, -0.2) is 108 Å². The molecule has 0 spiro atoms. The Kier molecular flexibility index (Phi) is 37.8. The quantitative estimate of drug-likeness (QED) is 0.0158. The van der Waals surface area contributed by atoms with E-state index in [-0.39, 0.29) is 6.42 Å². The topological polar surface area (TPSA) is 226 Å². The molecule has 8 unspecified atom stereocenters. The molecule has 64 heavy (non-hydrogen) atoms. The number of allylic oxidation sites excluding steroid dienone is 3. The summed E-state index contributed by atoms with van der Waals surface area (Å²) in [6, 6.07) is -1.24. The number of hydrogen-bond acceptors (Lipinski definition) is 11. The minimum Gasteiger partial charge on any atom is -0.393 e. The maximum Gasteiger partial charge on any atom is 0.472 e. The van der Waals surface area contributed by atoms with Gasteiger partial charge < -0.3 is 46.0 Å². The average molecular weight is 934 g/mol. The van der Waals surface area contributed by atoms with Crippen molar-refractivity contribution in [3.05, 3.63) is 24.3 Å². The molecule has 1 saturated carbocycles. The van der Waals surface area contributed by atoms with E-state index in [0.29, 0.717) is 12.8 Å². The van der Waals surface area contributed by atoms with Gasteiger partial charge in [-0.05, 0) is 44.9 Å². The molecule has 0 aromatic rings. The van der Waals surface area contributed by atoms with Crippen molar-refractivity contribution in [2.24, 2.45) is 0 Å². The summed E-state index contributed by atoms with van der Waals surface area (Å²) in [5.74, 6) is -0.596. The van der Waals surface area contributed by atoms with Crippen LogP contribution in [0.15, 0.2) is 24.3 Å². The summed E-state index contributed by atoms with van der Waals surface area (Å²) >= 11 is 0. The Bertz CT molecular complexity index is 1190. The zero-order valence-electron chi connectivity index (χ0n) is 40.2. The summed E-state index contributed by atoms with van der Waals surface area (Å²) in [5.41, 5.74) is 0. The monoisotopic (exact) mass is 934 g/mol. The van der Waals surface area contributed by atoms with Crippen LogP contribution in [0.5, 0.6) is 0 Å². The number of phosphoric ester groups is 1. The normalized spacial score (nSPS) is 22.8. The number of amides is 1. The van der Waals surface area contributed by atoms with Gasteiger partial charge in [0.2, 0.25) is 5.91 Å². The van der Waals surface area contributed by atoms with Crippen LogP contribution in [0.1, 0.15) is 226 Å². The fourth-order valence-electron chi connectivity index (χ4n) is 8.30. The second-order valence-electron chi connectivity index (χ2n) is 18.6. The largest absolute Gasteiger partial charge is 0.472 e. The molecule has 0 aliphatic heterocycles. The third kappa shape index (κ3) is 30.9. The van der Waals surface area contributed by atoms with Crippen LogP contribution < -0.4 is 5.32 Å². The lowest BCUT2D eigenvalue weighted by atomic mass is 9.85. The van der Waals surface area contributed by atoms with E-state index in [1.807, 2.05) is 0 Å². The molecule has 1 aliphatic carbocycles. The van der Waals surface area contributed by atoms with E-state index in [1.54, 1.807) is 6.08 Å². The number of phosphoric acid groups is 1. The molecule has 0 bridgehead atoms. The predicted molar refractivity (Wildman–Crippen MR) is 257 cm³/mol. The maximum atomic E-state index is 13.0. The van der Waals surface area contributed by atoms with Crippen molar-refractivity contribution in [3.63, 3.8) is 0 Å². The van der Waals surface area contributed by atoms with Crippen molar-refractivity contribution in [2.75, 3.05) is 6.61 Å². The molecule has 1 aliphatic rings. The molecule has 0 heterocycles. The molecular weight excluding hydrogens is 838 g/mol. The summed E-state index contributed by atoms with van der Waals surface area (Å²) in [5, 5.41) is 74.6. The van der Waals surface area contributed by atoms with Gasteiger partial charge >= 0.3 is 7.82 Å². The van der Waals surface area contributed by atoms with E-state index in [4.69, 9.17) is 9.05 Å². The first-order chi connectivity index (χ1) is 30.8. The highest BCUT2D eigenvalue weighted by atomic mass is 31.2. The van der Waals surface area contributed by atoms with Crippen molar-refractivity contribution in [1.82, 2.24) is 5.32 Å². The molecule has 9 N–H and O–H groups in total. The van der Waals surface area contributed by atoms with E-state index in [9.17, 15) is 50.0 Å². The van der Waals surface area contributed by atoms with Crippen LogP contribution >= 0.6 is 7.82 Å². The number of aliphatic hydroxyl groups is 7. The molecule has 1 amide bonds. The zero-order chi connectivity index (χ0) is 47.3. The van der Waals surface area contributed by atoms with Gasteiger partial charge in [-0.3, -0.25) is 13.8 Å². The van der Waals surface area contributed by atoms with E-state index in [2.05, 4.69) is 31.3 Å². The number of carbonyl (C=O) groups is 1. The highest BCUT2D eigenvalue weighted by Gasteiger charge is 2.51. The Hall–Kier alpha value is -1.22. The van der Waals surface area contributed by atoms with Gasteiger partial charge in [0.1, 0.15) is 36.6 Å². The van der Waals surface area contributed by atoms with Crippen LogP contribution in [0.3, 0.4) is 0 Å². The van der Waals surface area contributed by atoms with Crippen molar-refractivity contribution in [3.8, 4) is 0 Å². The number of carbonyl (C=O) groups excluding carboxylic acids is 1. The fourth-order valence-corrected chi connectivity index (χ4v) is 9.26. The maximum absolute atomic E-state index is 13.0. The number of rotatable bonds is 43.